The fourth-order valence-corrected chi connectivity index (χ4v) is 5.71. The van der Waals surface area contributed by atoms with Crippen molar-refractivity contribution in [2.24, 2.45) is 5.92 Å². The van der Waals surface area contributed by atoms with E-state index < -0.39 is 10.0 Å². The highest BCUT2D eigenvalue weighted by atomic mass is 32.2. The van der Waals surface area contributed by atoms with Gasteiger partial charge in [-0.05, 0) is 32.0 Å². The zero-order chi connectivity index (χ0) is 24.6. The third-order valence-corrected chi connectivity index (χ3v) is 8.75. The zero-order valence-corrected chi connectivity index (χ0v) is 20.7. The molecule has 0 aliphatic carbocycles. The van der Waals surface area contributed by atoms with E-state index in [1.165, 1.54) is 0 Å². The van der Waals surface area contributed by atoms with Crippen LogP contribution in [0.4, 0.5) is 5.69 Å². The number of H-pyrrole nitrogens is 1. The molecule has 3 aromatic rings. The molecule has 10 nitrogen and oxygen atoms in total. The second kappa shape index (κ2) is 9.46. The summed E-state index contributed by atoms with van der Waals surface area (Å²) in [6, 6.07) is 10.1. The molecule has 1 aromatic carbocycles. The van der Waals surface area contributed by atoms with E-state index in [4.69, 9.17) is 9.72 Å². The zero-order valence-electron chi connectivity index (χ0n) is 19.9. The Morgan fingerprint density at radius 1 is 1.17 bits per heavy atom. The Balaban J connectivity index is 1.33. The smallest absolute Gasteiger partial charge is 0.243 e. The van der Waals surface area contributed by atoms with Crippen LogP contribution in [0, 0.1) is 5.92 Å². The number of aromatic nitrogens is 3. The molecule has 0 spiro atoms. The lowest BCUT2D eigenvalue weighted by molar-refractivity contribution is -0.119. The van der Waals surface area contributed by atoms with Crippen molar-refractivity contribution in [1.29, 1.82) is 0 Å². The van der Waals surface area contributed by atoms with Gasteiger partial charge in [0, 0.05) is 56.3 Å². The number of pyridine rings is 1. The van der Waals surface area contributed by atoms with E-state index in [1.807, 2.05) is 37.3 Å². The number of aromatic amines is 1. The maximum atomic E-state index is 12.1. The topological polar surface area (TPSA) is 121 Å². The summed E-state index contributed by atoms with van der Waals surface area (Å²) in [6.07, 6.45) is 1.88. The molecule has 2 aliphatic rings. The van der Waals surface area contributed by atoms with Crippen molar-refractivity contribution in [1.82, 2.24) is 24.6 Å². The molecule has 0 saturated carbocycles. The first-order valence-electron chi connectivity index (χ1n) is 11.9. The fraction of sp³-hybridized carbons (Fsp3) is 0.458. The van der Waals surface area contributed by atoms with Crippen LogP contribution in [0.2, 0.25) is 0 Å². The van der Waals surface area contributed by atoms with Gasteiger partial charge in [-0.1, -0.05) is 12.1 Å². The molecule has 2 aromatic heterocycles. The van der Waals surface area contributed by atoms with Crippen LogP contribution in [0.15, 0.2) is 36.7 Å². The quantitative estimate of drug-likeness (QED) is 0.511. The fourth-order valence-electron chi connectivity index (χ4n) is 4.63. The minimum absolute atomic E-state index is 0.0468. The molecule has 2 N–H and O–H groups in total. The Kier molecular flexibility index (Phi) is 6.37. The molecule has 11 heteroatoms. The van der Waals surface area contributed by atoms with Crippen molar-refractivity contribution in [3.63, 3.8) is 0 Å². The number of nitrogens with zero attached hydrogens (tertiary/aromatic N) is 4. The monoisotopic (exact) mass is 498 g/mol. The van der Waals surface area contributed by atoms with Gasteiger partial charge in [0.05, 0.1) is 23.3 Å². The van der Waals surface area contributed by atoms with E-state index >= 15 is 0 Å². The summed E-state index contributed by atoms with van der Waals surface area (Å²) in [5, 5.41) is 2.85. The van der Waals surface area contributed by atoms with Gasteiger partial charge in [0.15, 0.2) is 5.52 Å². The SMILES string of the molecule is CCS(=O)(=O)N1CCN(c2ccc(-c3cc4[nH]cnc4c(O[C@H](C)[C@H]4CNC(=O)C4)n3)cc2)CC1. The number of imidazole rings is 1. The van der Waals surface area contributed by atoms with E-state index in [2.05, 4.69) is 20.2 Å². The standard InChI is InChI=1S/C24H30N6O4S/c1-3-35(32,33)30-10-8-29(9-11-30)19-6-4-17(5-7-19)20-13-21-23(27-15-26-21)24(28-20)34-16(2)18-12-22(31)25-14-18/h4-7,13,15-16,18H,3,8-12,14H2,1-2H3,(H,25,31)(H,26,27)/t16-,18-/m1/s1. The summed E-state index contributed by atoms with van der Waals surface area (Å²) in [5.74, 6) is 0.720. The molecule has 2 saturated heterocycles. The van der Waals surface area contributed by atoms with Gasteiger partial charge in [0.2, 0.25) is 21.8 Å². The molecule has 0 bridgehead atoms. The average Bonchev–Trinajstić information content (AvgIpc) is 3.53. The molecule has 186 valence electrons. The van der Waals surface area contributed by atoms with E-state index in [9.17, 15) is 13.2 Å². The van der Waals surface area contributed by atoms with Crippen LogP contribution < -0.4 is 15.0 Å². The summed E-state index contributed by atoms with van der Waals surface area (Å²) in [5.41, 5.74) is 4.24. The van der Waals surface area contributed by atoms with Gasteiger partial charge in [0.25, 0.3) is 0 Å². The van der Waals surface area contributed by atoms with Crippen molar-refractivity contribution >= 4 is 32.7 Å². The van der Waals surface area contributed by atoms with Gasteiger partial charge in [0.1, 0.15) is 6.10 Å². The van der Waals surface area contributed by atoms with Crippen molar-refractivity contribution in [3.8, 4) is 17.1 Å². The Hall–Kier alpha value is -3.18. The van der Waals surface area contributed by atoms with Crippen LogP contribution in [0.3, 0.4) is 0 Å². The van der Waals surface area contributed by atoms with Gasteiger partial charge in [-0.3, -0.25) is 4.79 Å². The van der Waals surface area contributed by atoms with E-state index in [1.54, 1.807) is 17.6 Å². The van der Waals surface area contributed by atoms with Gasteiger partial charge >= 0.3 is 0 Å². The predicted octanol–water partition coefficient (Wildman–Crippen LogP) is 2.00. The highest BCUT2D eigenvalue weighted by molar-refractivity contribution is 7.89. The number of ether oxygens (including phenoxy) is 1. The number of benzene rings is 1. The van der Waals surface area contributed by atoms with Gasteiger partial charge in [-0.2, -0.15) is 4.31 Å². The number of sulfonamides is 1. The maximum absolute atomic E-state index is 12.1. The summed E-state index contributed by atoms with van der Waals surface area (Å²) in [4.78, 5) is 26.1. The van der Waals surface area contributed by atoms with E-state index in [0.29, 0.717) is 50.5 Å². The molecule has 2 aliphatic heterocycles. The number of rotatable bonds is 7. The number of hydrogen-bond acceptors (Lipinski definition) is 7. The maximum Gasteiger partial charge on any atom is 0.243 e. The Labute approximate surface area is 204 Å². The third-order valence-electron chi connectivity index (χ3n) is 6.87. The highest BCUT2D eigenvalue weighted by Crippen LogP contribution is 2.30. The first kappa shape index (κ1) is 23.6. The second-order valence-electron chi connectivity index (χ2n) is 9.04. The summed E-state index contributed by atoms with van der Waals surface area (Å²) in [7, 11) is -3.15. The number of hydrogen-bond donors (Lipinski definition) is 2. The van der Waals surface area contributed by atoms with Gasteiger partial charge in [-0.15, -0.1) is 0 Å². The van der Waals surface area contributed by atoms with Crippen LogP contribution in [0.5, 0.6) is 5.88 Å². The lowest BCUT2D eigenvalue weighted by Gasteiger charge is -2.35. The first-order chi connectivity index (χ1) is 16.8. The molecule has 0 unspecified atom stereocenters. The predicted molar refractivity (Wildman–Crippen MR) is 134 cm³/mol. The molecule has 2 atom stereocenters. The molecular weight excluding hydrogens is 468 g/mol. The summed E-state index contributed by atoms with van der Waals surface area (Å²) >= 11 is 0. The average molecular weight is 499 g/mol. The summed E-state index contributed by atoms with van der Waals surface area (Å²) < 4.78 is 32.0. The van der Waals surface area contributed by atoms with Crippen LogP contribution in [-0.2, 0) is 14.8 Å². The number of anilines is 1. The van der Waals surface area contributed by atoms with E-state index in [0.717, 1.165) is 22.5 Å². The Bertz CT molecular complexity index is 1320. The number of carbonyl (C=O) groups excluding carboxylic acids is 1. The minimum Gasteiger partial charge on any atom is -0.473 e. The molecule has 0 radical (unpaired) electrons. The van der Waals surface area contributed by atoms with Gasteiger partial charge < -0.3 is 19.9 Å². The Morgan fingerprint density at radius 2 is 1.91 bits per heavy atom. The number of amides is 1. The molecule has 1 amide bonds. The van der Waals surface area contributed by atoms with Crippen LogP contribution in [0.1, 0.15) is 20.3 Å². The molecule has 4 heterocycles. The normalized spacial score (nSPS) is 20.2. The van der Waals surface area contributed by atoms with Crippen LogP contribution >= 0.6 is 0 Å². The number of nitrogens with one attached hydrogen (secondary N) is 2. The van der Waals surface area contributed by atoms with Crippen LogP contribution in [-0.4, -0.2) is 78.2 Å². The van der Waals surface area contributed by atoms with E-state index in [-0.39, 0.29) is 23.7 Å². The molecular formula is C24H30N6O4S. The molecule has 2 fully saturated rings. The highest BCUT2D eigenvalue weighted by Gasteiger charge is 2.29. The number of piperazine rings is 1. The largest absolute Gasteiger partial charge is 0.473 e. The lowest BCUT2D eigenvalue weighted by atomic mass is 10.0. The number of carbonyl (C=O) groups is 1. The molecule has 35 heavy (non-hydrogen) atoms. The first-order valence-corrected chi connectivity index (χ1v) is 13.6. The summed E-state index contributed by atoms with van der Waals surface area (Å²) in [6.45, 7) is 6.55. The van der Waals surface area contributed by atoms with Crippen molar-refractivity contribution < 1.29 is 17.9 Å². The second-order valence-corrected chi connectivity index (χ2v) is 11.3. The van der Waals surface area contributed by atoms with Crippen LogP contribution in [0.25, 0.3) is 22.3 Å². The Morgan fingerprint density at radius 3 is 2.57 bits per heavy atom. The third kappa shape index (κ3) is 4.83. The van der Waals surface area contributed by atoms with Gasteiger partial charge in [-0.25, -0.2) is 18.4 Å². The van der Waals surface area contributed by atoms with Crippen molar-refractivity contribution in [3.05, 3.63) is 36.7 Å². The van der Waals surface area contributed by atoms with Crippen molar-refractivity contribution in [2.45, 2.75) is 26.4 Å². The minimum atomic E-state index is -3.15. The number of fused-ring (bicyclic) bond motifs is 1. The molecule has 5 rings (SSSR count). The van der Waals surface area contributed by atoms with Crippen molar-refractivity contribution in [2.75, 3.05) is 43.4 Å². The lowest BCUT2D eigenvalue weighted by Crippen LogP contribution is -2.49.